The molecule has 148 valence electrons. The molecule has 2 N–H and O–H groups in total. The lowest BCUT2D eigenvalue weighted by Gasteiger charge is -2.16. The summed E-state index contributed by atoms with van der Waals surface area (Å²) in [5.74, 6) is 1.25. The molecule has 1 amide bonds. The lowest BCUT2D eigenvalue weighted by atomic mass is 10.0. The summed E-state index contributed by atoms with van der Waals surface area (Å²) in [4.78, 5) is 16.3. The first-order chi connectivity index (χ1) is 13.6. The molecule has 6 heteroatoms. The molecule has 3 aromatic rings. The zero-order valence-corrected chi connectivity index (χ0v) is 16.9. The van der Waals surface area contributed by atoms with Crippen LogP contribution in [0.5, 0.6) is 17.2 Å². The van der Waals surface area contributed by atoms with Crippen molar-refractivity contribution in [2.45, 2.75) is 26.7 Å². The number of aryl methyl sites for hydroxylation is 2. The number of methoxy groups -OCH3 is 3. The lowest BCUT2D eigenvalue weighted by molar-refractivity contribution is 0.102. The molecule has 0 aliphatic heterocycles. The van der Waals surface area contributed by atoms with Crippen LogP contribution >= 0.6 is 0 Å². The van der Waals surface area contributed by atoms with Gasteiger partial charge in [-0.3, -0.25) is 4.79 Å². The number of benzene rings is 2. The first-order valence-electron chi connectivity index (χ1n) is 9.31. The zero-order chi connectivity index (χ0) is 20.3. The van der Waals surface area contributed by atoms with Gasteiger partial charge in [-0.2, -0.15) is 0 Å². The van der Waals surface area contributed by atoms with Crippen LogP contribution in [0, 0.1) is 0 Å². The summed E-state index contributed by atoms with van der Waals surface area (Å²) in [5, 5.41) is 3.76. The summed E-state index contributed by atoms with van der Waals surface area (Å²) in [6.45, 7) is 4.16. The van der Waals surface area contributed by atoms with E-state index in [0.29, 0.717) is 28.2 Å². The highest BCUT2D eigenvalue weighted by Gasteiger charge is 2.23. The van der Waals surface area contributed by atoms with Gasteiger partial charge in [0.25, 0.3) is 5.91 Å². The van der Waals surface area contributed by atoms with E-state index in [2.05, 4.69) is 24.1 Å². The molecule has 0 spiro atoms. The fraction of sp³-hybridized carbons (Fsp3) is 0.318. The number of fused-ring (bicyclic) bond motifs is 1. The molecule has 2 aromatic carbocycles. The molecule has 0 unspecified atom stereocenters. The Balaban J connectivity index is 2.11. The van der Waals surface area contributed by atoms with Gasteiger partial charge in [0, 0.05) is 18.0 Å². The van der Waals surface area contributed by atoms with Gasteiger partial charge in [0.2, 0.25) is 5.75 Å². The van der Waals surface area contributed by atoms with E-state index in [9.17, 15) is 4.79 Å². The van der Waals surface area contributed by atoms with Crippen molar-refractivity contribution in [3.05, 3.63) is 47.2 Å². The number of hydrogen-bond donors (Lipinski definition) is 2. The minimum atomic E-state index is -0.202. The van der Waals surface area contributed by atoms with Crippen molar-refractivity contribution in [2.75, 3.05) is 26.6 Å². The molecule has 6 nitrogen and oxygen atoms in total. The molecule has 3 rings (SSSR count). The maximum Gasteiger partial charge on any atom is 0.257 e. The van der Waals surface area contributed by atoms with E-state index in [1.807, 2.05) is 18.2 Å². The van der Waals surface area contributed by atoms with Gasteiger partial charge in [-0.1, -0.05) is 32.0 Å². The molecule has 0 saturated carbocycles. The highest BCUT2D eigenvalue weighted by atomic mass is 16.5. The number of para-hydroxylation sites is 1. The zero-order valence-electron chi connectivity index (χ0n) is 16.9. The average molecular weight is 382 g/mol. The predicted octanol–water partition coefficient (Wildman–Crippen LogP) is 4.57. The van der Waals surface area contributed by atoms with Crippen molar-refractivity contribution in [3.63, 3.8) is 0 Å². The fourth-order valence-corrected chi connectivity index (χ4v) is 3.52. The topological polar surface area (TPSA) is 72.6 Å². The van der Waals surface area contributed by atoms with E-state index >= 15 is 0 Å². The third-order valence-corrected chi connectivity index (χ3v) is 4.95. The second-order valence-corrected chi connectivity index (χ2v) is 6.38. The standard InChI is InChI=1S/C22H26N2O4/c1-6-13-9-8-10-14(7-2)19(13)24-22(25)15-12-23-16-11-17(26-3)20(27-4)21(28-5)18(15)16/h8-12,23H,6-7H2,1-5H3,(H,24,25). The number of hydrogen-bond acceptors (Lipinski definition) is 4. The van der Waals surface area contributed by atoms with Crippen molar-refractivity contribution in [2.24, 2.45) is 0 Å². The largest absolute Gasteiger partial charge is 0.493 e. The SMILES string of the molecule is CCc1cccc(CC)c1NC(=O)c1c[nH]c2cc(OC)c(OC)c(OC)c12. The molecular formula is C22H26N2O4. The van der Waals surface area contributed by atoms with Gasteiger partial charge >= 0.3 is 0 Å². The smallest absolute Gasteiger partial charge is 0.257 e. The molecule has 0 saturated heterocycles. The molecule has 0 aliphatic rings. The maximum absolute atomic E-state index is 13.2. The molecular weight excluding hydrogens is 356 g/mol. The van der Waals surface area contributed by atoms with Crippen molar-refractivity contribution < 1.29 is 19.0 Å². The van der Waals surface area contributed by atoms with E-state index in [4.69, 9.17) is 14.2 Å². The van der Waals surface area contributed by atoms with Gasteiger partial charge in [-0.25, -0.2) is 0 Å². The highest BCUT2D eigenvalue weighted by molar-refractivity contribution is 6.15. The van der Waals surface area contributed by atoms with Crippen LogP contribution in [0.1, 0.15) is 35.3 Å². The first kappa shape index (κ1) is 19.6. The predicted molar refractivity (Wildman–Crippen MR) is 111 cm³/mol. The summed E-state index contributed by atoms with van der Waals surface area (Å²) in [7, 11) is 4.66. The van der Waals surface area contributed by atoms with Gasteiger partial charge in [0.05, 0.1) is 37.8 Å². The lowest BCUT2D eigenvalue weighted by Crippen LogP contribution is -2.14. The average Bonchev–Trinajstić information content (AvgIpc) is 3.15. The van der Waals surface area contributed by atoms with Crippen LogP contribution in [0.3, 0.4) is 0 Å². The van der Waals surface area contributed by atoms with Gasteiger partial charge < -0.3 is 24.5 Å². The number of nitrogens with one attached hydrogen (secondary N) is 2. The number of carbonyl (C=O) groups is 1. The van der Waals surface area contributed by atoms with E-state index in [1.54, 1.807) is 33.6 Å². The number of amides is 1. The van der Waals surface area contributed by atoms with Crippen LogP contribution in [0.4, 0.5) is 5.69 Å². The van der Waals surface area contributed by atoms with Gasteiger partial charge in [0.15, 0.2) is 11.5 Å². The maximum atomic E-state index is 13.2. The number of carbonyl (C=O) groups excluding carboxylic acids is 1. The third-order valence-electron chi connectivity index (χ3n) is 4.95. The molecule has 0 radical (unpaired) electrons. The Hall–Kier alpha value is -3.15. The molecule has 0 aliphatic carbocycles. The van der Waals surface area contributed by atoms with E-state index in [0.717, 1.165) is 35.2 Å². The Morgan fingerprint density at radius 3 is 2.18 bits per heavy atom. The fourth-order valence-electron chi connectivity index (χ4n) is 3.52. The van der Waals surface area contributed by atoms with Crippen molar-refractivity contribution >= 4 is 22.5 Å². The van der Waals surface area contributed by atoms with Crippen LogP contribution in [0.15, 0.2) is 30.5 Å². The Morgan fingerprint density at radius 2 is 1.64 bits per heavy atom. The third kappa shape index (κ3) is 3.26. The minimum absolute atomic E-state index is 0.202. The second kappa shape index (κ2) is 8.25. The second-order valence-electron chi connectivity index (χ2n) is 6.38. The minimum Gasteiger partial charge on any atom is -0.493 e. The number of rotatable bonds is 7. The molecule has 28 heavy (non-hydrogen) atoms. The molecule has 0 bridgehead atoms. The number of ether oxygens (including phenoxy) is 3. The van der Waals surface area contributed by atoms with Crippen LogP contribution < -0.4 is 19.5 Å². The number of aromatic amines is 1. The molecule has 0 atom stereocenters. The van der Waals surface area contributed by atoms with Crippen LogP contribution in [0.25, 0.3) is 10.9 Å². The van der Waals surface area contributed by atoms with Crippen molar-refractivity contribution in [1.82, 2.24) is 4.98 Å². The Kier molecular flexibility index (Phi) is 5.78. The van der Waals surface area contributed by atoms with Crippen LogP contribution in [-0.2, 0) is 12.8 Å². The van der Waals surface area contributed by atoms with E-state index in [1.165, 1.54) is 0 Å². The van der Waals surface area contributed by atoms with Gasteiger partial charge in [-0.15, -0.1) is 0 Å². The Bertz CT molecular complexity index is 985. The van der Waals surface area contributed by atoms with E-state index in [-0.39, 0.29) is 5.91 Å². The Labute approximate surface area is 164 Å². The molecule has 0 fully saturated rings. The normalized spacial score (nSPS) is 10.8. The highest BCUT2D eigenvalue weighted by Crippen LogP contribution is 2.44. The van der Waals surface area contributed by atoms with Gasteiger partial charge in [0.1, 0.15) is 0 Å². The molecule has 1 heterocycles. The van der Waals surface area contributed by atoms with Crippen molar-refractivity contribution in [3.8, 4) is 17.2 Å². The first-order valence-corrected chi connectivity index (χ1v) is 9.31. The number of aromatic nitrogens is 1. The summed E-state index contributed by atoms with van der Waals surface area (Å²) >= 11 is 0. The quantitative estimate of drug-likeness (QED) is 0.628. The monoisotopic (exact) mass is 382 g/mol. The number of anilines is 1. The summed E-state index contributed by atoms with van der Waals surface area (Å²) in [5.41, 5.74) is 4.32. The van der Waals surface area contributed by atoms with E-state index < -0.39 is 0 Å². The van der Waals surface area contributed by atoms with Gasteiger partial charge in [-0.05, 0) is 24.0 Å². The van der Waals surface area contributed by atoms with Crippen LogP contribution in [-0.4, -0.2) is 32.2 Å². The van der Waals surface area contributed by atoms with Crippen LogP contribution in [0.2, 0.25) is 0 Å². The Morgan fingerprint density at radius 1 is 1.00 bits per heavy atom. The summed E-state index contributed by atoms with van der Waals surface area (Å²) in [6, 6.07) is 7.90. The summed E-state index contributed by atoms with van der Waals surface area (Å²) in [6.07, 6.45) is 3.36. The summed E-state index contributed by atoms with van der Waals surface area (Å²) < 4.78 is 16.4. The van der Waals surface area contributed by atoms with Crippen molar-refractivity contribution in [1.29, 1.82) is 0 Å². The number of H-pyrrole nitrogens is 1. The molecule has 1 aromatic heterocycles.